The summed E-state index contributed by atoms with van der Waals surface area (Å²) in [5.41, 5.74) is 1.77. The smallest absolute Gasteiger partial charge is 0.282 e. The van der Waals surface area contributed by atoms with Crippen LogP contribution in [0.3, 0.4) is 0 Å². The highest BCUT2D eigenvalue weighted by Crippen LogP contribution is 2.17. The molecule has 2 aromatic heterocycles. The third-order valence-corrected chi connectivity index (χ3v) is 3.64. The molecule has 2 rings (SSSR count). The maximum absolute atomic E-state index is 11.6. The van der Waals surface area contributed by atoms with E-state index in [1.54, 1.807) is 24.6 Å². The fourth-order valence-electron chi connectivity index (χ4n) is 1.22. The molecule has 0 unspecified atom stereocenters. The average molecular weight is 300 g/mol. The van der Waals surface area contributed by atoms with E-state index in [2.05, 4.69) is 31.7 Å². The monoisotopic (exact) mass is 299 g/mol. The van der Waals surface area contributed by atoms with Gasteiger partial charge < -0.3 is 5.32 Å². The van der Waals surface area contributed by atoms with Crippen LogP contribution < -0.4 is 10.9 Å². The van der Waals surface area contributed by atoms with E-state index < -0.39 is 0 Å². The topological polar surface area (TPSA) is 46.9 Å². The van der Waals surface area contributed by atoms with Crippen LogP contribution >= 0.6 is 27.3 Å². The van der Waals surface area contributed by atoms with Gasteiger partial charge in [0.25, 0.3) is 5.56 Å². The second-order valence-corrected chi connectivity index (χ2v) is 4.86. The first kappa shape index (κ1) is 11.3. The molecule has 0 spiro atoms. The largest absolute Gasteiger partial charge is 0.379 e. The van der Waals surface area contributed by atoms with Crippen molar-refractivity contribution in [2.24, 2.45) is 7.05 Å². The highest BCUT2D eigenvalue weighted by Gasteiger charge is 2.06. The molecule has 0 amide bonds. The Balaban J connectivity index is 2.16. The summed E-state index contributed by atoms with van der Waals surface area (Å²) in [5.74, 6) is 0. The minimum atomic E-state index is -0.143. The second kappa shape index (κ2) is 4.80. The maximum Gasteiger partial charge on any atom is 0.282 e. The summed E-state index contributed by atoms with van der Waals surface area (Å²) in [6.07, 6.45) is 1.64. The Labute approximate surface area is 105 Å². The van der Waals surface area contributed by atoms with Crippen molar-refractivity contribution < 1.29 is 0 Å². The molecule has 0 aliphatic carbocycles. The number of rotatable bonds is 3. The van der Waals surface area contributed by atoms with Crippen molar-refractivity contribution in [3.8, 4) is 0 Å². The first-order valence-electron chi connectivity index (χ1n) is 4.65. The highest BCUT2D eigenvalue weighted by molar-refractivity contribution is 9.10. The van der Waals surface area contributed by atoms with Crippen LogP contribution in [-0.2, 0) is 13.6 Å². The Kier molecular flexibility index (Phi) is 3.40. The molecule has 1 N–H and O–H groups in total. The van der Waals surface area contributed by atoms with E-state index in [1.165, 1.54) is 10.2 Å². The van der Waals surface area contributed by atoms with Gasteiger partial charge in [0, 0.05) is 13.6 Å². The minimum Gasteiger partial charge on any atom is -0.379 e. The molecule has 4 nitrogen and oxygen atoms in total. The van der Waals surface area contributed by atoms with Gasteiger partial charge in [0.05, 0.1) is 11.9 Å². The average Bonchev–Trinajstić information content (AvgIpc) is 2.78. The fraction of sp³-hybridized carbons (Fsp3) is 0.200. The van der Waals surface area contributed by atoms with E-state index in [0.29, 0.717) is 16.7 Å². The zero-order valence-electron chi connectivity index (χ0n) is 8.61. The highest BCUT2D eigenvalue weighted by atomic mass is 79.9. The zero-order valence-corrected chi connectivity index (χ0v) is 11.0. The number of halogens is 1. The molecule has 0 aliphatic heterocycles. The first-order chi connectivity index (χ1) is 7.68. The summed E-state index contributed by atoms with van der Waals surface area (Å²) < 4.78 is 1.81. The van der Waals surface area contributed by atoms with Crippen LogP contribution in [0.25, 0.3) is 0 Å². The molecular weight excluding hydrogens is 290 g/mol. The normalized spacial score (nSPS) is 10.4. The minimum absolute atomic E-state index is 0.143. The van der Waals surface area contributed by atoms with Gasteiger partial charge in [0.2, 0.25) is 0 Å². The predicted molar refractivity (Wildman–Crippen MR) is 68.8 cm³/mol. The van der Waals surface area contributed by atoms with Gasteiger partial charge in [0.15, 0.2) is 0 Å². The summed E-state index contributed by atoms with van der Waals surface area (Å²) in [5, 5.41) is 11.2. The third kappa shape index (κ3) is 2.33. The lowest BCUT2D eigenvalue weighted by Crippen LogP contribution is -2.21. The molecule has 2 aromatic rings. The molecule has 2 heterocycles. The van der Waals surface area contributed by atoms with Crippen molar-refractivity contribution in [3.63, 3.8) is 0 Å². The number of hydrogen-bond donors (Lipinski definition) is 1. The molecule has 16 heavy (non-hydrogen) atoms. The van der Waals surface area contributed by atoms with Crippen LogP contribution in [0.2, 0.25) is 0 Å². The van der Waals surface area contributed by atoms with Gasteiger partial charge in [-0.3, -0.25) is 4.79 Å². The van der Waals surface area contributed by atoms with Gasteiger partial charge in [-0.05, 0) is 38.3 Å². The van der Waals surface area contributed by atoms with Crippen LogP contribution in [0, 0.1) is 0 Å². The van der Waals surface area contributed by atoms with Crippen LogP contribution in [0.5, 0.6) is 0 Å². The van der Waals surface area contributed by atoms with Gasteiger partial charge in [-0.15, -0.1) is 0 Å². The number of aryl methyl sites for hydroxylation is 1. The zero-order chi connectivity index (χ0) is 11.5. The van der Waals surface area contributed by atoms with Crippen molar-refractivity contribution in [2.45, 2.75) is 6.54 Å². The second-order valence-electron chi connectivity index (χ2n) is 3.29. The van der Waals surface area contributed by atoms with Crippen LogP contribution in [0.1, 0.15) is 5.56 Å². The summed E-state index contributed by atoms with van der Waals surface area (Å²) in [4.78, 5) is 11.6. The molecule has 84 valence electrons. The summed E-state index contributed by atoms with van der Waals surface area (Å²) in [6, 6.07) is 2.04. The van der Waals surface area contributed by atoms with Crippen molar-refractivity contribution in [1.82, 2.24) is 9.78 Å². The molecule has 6 heteroatoms. The van der Waals surface area contributed by atoms with Gasteiger partial charge in [-0.2, -0.15) is 16.4 Å². The number of nitrogens with one attached hydrogen (secondary N) is 1. The van der Waals surface area contributed by atoms with Gasteiger partial charge in [-0.1, -0.05) is 0 Å². The third-order valence-electron chi connectivity index (χ3n) is 2.14. The number of nitrogens with zero attached hydrogens (tertiary/aromatic N) is 2. The van der Waals surface area contributed by atoms with Gasteiger partial charge in [0.1, 0.15) is 4.47 Å². The van der Waals surface area contributed by atoms with Crippen LogP contribution in [0.4, 0.5) is 5.69 Å². The molecular formula is C10H10BrN3OS. The molecule has 0 aromatic carbocycles. The van der Waals surface area contributed by atoms with E-state index >= 15 is 0 Å². The standard InChI is InChI=1S/C10H10BrN3OS/c1-14-10(15)9(11)8(5-13-14)12-4-7-2-3-16-6-7/h2-3,5-6,12H,4H2,1H3. The Hall–Kier alpha value is -1.14. The lowest BCUT2D eigenvalue weighted by Gasteiger charge is -2.07. The molecule has 0 aliphatic rings. The first-order valence-corrected chi connectivity index (χ1v) is 6.39. The number of hydrogen-bond acceptors (Lipinski definition) is 4. The van der Waals surface area contributed by atoms with Crippen molar-refractivity contribution in [3.05, 3.63) is 43.4 Å². The van der Waals surface area contributed by atoms with E-state index in [-0.39, 0.29) is 5.56 Å². The van der Waals surface area contributed by atoms with Gasteiger partial charge >= 0.3 is 0 Å². The molecule has 0 saturated heterocycles. The van der Waals surface area contributed by atoms with Crippen LogP contribution in [0.15, 0.2) is 32.3 Å². The van der Waals surface area contributed by atoms with Crippen molar-refractivity contribution in [2.75, 3.05) is 5.32 Å². The van der Waals surface area contributed by atoms with Crippen LogP contribution in [-0.4, -0.2) is 9.78 Å². The summed E-state index contributed by atoms with van der Waals surface area (Å²) in [6.45, 7) is 0.691. The van der Waals surface area contributed by atoms with Crippen molar-refractivity contribution in [1.29, 1.82) is 0 Å². The SMILES string of the molecule is Cn1ncc(NCc2ccsc2)c(Br)c1=O. The van der Waals surface area contributed by atoms with E-state index in [1.807, 2.05) is 11.4 Å². The molecule has 0 saturated carbocycles. The predicted octanol–water partition coefficient (Wildman–Crippen LogP) is 2.22. The number of aromatic nitrogens is 2. The Morgan fingerprint density at radius 3 is 3.12 bits per heavy atom. The summed E-state index contributed by atoms with van der Waals surface area (Å²) in [7, 11) is 1.62. The fourth-order valence-corrected chi connectivity index (χ4v) is 2.39. The molecule has 0 atom stereocenters. The number of thiophene rings is 1. The Morgan fingerprint density at radius 2 is 2.44 bits per heavy atom. The Morgan fingerprint density at radius 1 is 1.62 bits per heavy atom. The lowest BCUT2D eigenvalue weighted by atomic mass is 10.3. The lowest BCUT2D eigenvalue weighted by molar-refractivity contribution is 0.703. The summed E-state index contributed by atoms with van der Waals surface area (Å²) >= 11 is 4.91. The van der Waals surface area contributed by atoms with E-state index in [0.717, 1.165) is 0 Å². The van der Waals surface area contributed by atoms with Gasteiger partial charge in [-0.25, -0.2) is 4.68 Å². The molecule has 0 radical (unpaired) electrons. The quantitative estimate of drug-likeness (QED) is 0.945. The maximum atomic E-state index is 11.6. The van der Waals surface area contributed by atoms with Crippen molar-refractivity contribution >= 4 is 33.0 Å². The molecule has 0 fully saturated rings. The van der Waals surface area contributed by atoms with E-state index in [4.69, 9.17) is 0 Å². The molecule has 0 bridgehead atoms. The Bertz CT molecular complexity index is 535. The van der Waals surface area contributed by atoms with E-state index in [9.17, 15) is 4.79 Å². The number of anilines is 1.